The number of hydrogen-bond acceptors (Lipinski definition) is 3. The van der Waals surface area contributed by atoms with Gasteiger partial charge >= 0.3 is 12.1 Å². The topological polar surface area (TPSA) is 43.4 Å². The number of alkyl halides is 2. The monoisotopic (exact) mass is 556 g/mol. The van der Waals surface area contributed by atoms with Gasteiger partial charge in [0, 0.05) is 6.42 Å². The van der Waals surface area contributed by atoms with Crippen molar-refractivity contribution in [1.29, 1.82) is 0 Å². The summed E-state index contributed by atoms with van der Waals surface area (Å²) in [6, 6.07) is 26.1. The second-order valence-electron chi connectivity index (χ2n) is 8.43. The van der Waals surface area contributed by atoms with E-state index in [4.69, 9.17) is 0 Å². The van der Waals surface area contributed by atoms with Gasteiger partial charge in [-0.2, -0.15) is 8.78 Å². The molecule has 0 aliphatic carbocycles. The quantitative estimate of drug-likeness (QED) is 0.0901. The third-order valence-corrected chi connectivity index (χ3v) is 10.4. The number of hydrogen-bond donors (Lipinski definition) is 0. The summed E-state index contributed by atoms with van der Waals surface area (Å²) < 4.78 is 76.4. The van der Waals surface area contributed by atoms with E-state index in [0.717, 1.165) is 0 Å². The molecular weight excluding hydrogens is 534 g/mol. The third kappa shape index (κ3) is 5.17. The first-order chi connectivity index (χ1) is 18.6. The molecule has 200 valence electrons. The maximum Gasteiger partial charge on any atom is 0.431 e. The highest BCUT2D eigenvalue weighted by Crippen LogP contribution is 2.47. The van der Waals surface area contributed by atoms with Crippen LogP contribution < -0.4 is 15.9 Å². The number of benzene rings is 4. The molecule has 0 radical (unpaired) electrons. The summed E-state index contributed by atoms with van der Waals surface area (Å²) in [4.78, 5) is 27.3. The van der Waals surface area contributed by atoms with Gasteiger partial charge in [0.2, 0.25) is 0 Å². The van der Waals surface area contributed by atoms with E-state index in [0.29, 0.717) is 22.0 Å². The van der Waals surface area contributed by atoms with Crippen LogP contribution in [0.15, 0.2) is 103 Å². The van der Waals surface area contributed by atoms with Crippen LogP contribution in [-0.2, 0) is 20.4 Å². The minimum atomic E-state index is -4.73. The Kier molecular flexibility index (Phi) is 8.17. The van der Waals surface area contributed by atoms with E-state index in [9.17, 15) is 22.8 Å². The predicted molar refractivity (Wildman–Crippen MR) is 142 cm³/mol. The van der Waals surface area contributed by atoms with E-state index in [1.165, 1.54) is 6.92 Å². The normalized spacial score (nSPS) is 11.6. The molecule has 0 atom stereocenters. The molecule has 0 bridgehead atoms. The van der Waals surface area contributed by atoms with Crippen LogP contribution >= 0.6 is 6.89 Å². The summed E-state index contributed by atoms with van der Waals surface area (Å²) in [5.41, 5.74) is -1.68. The Labute approximate surface area is 221 Å². The number of rotatable bonds is 8. The lowest BCUT2D eigenvalue weighted by Crippen LogP contribution is -2.40. The first kappa shape index (κ1) is 28.0. The molecule has 0 fully saturated rings. The molecular formula is C30H22F5O3P. The number of halogens is 5. The van der Waals surface area contributed by atoms with E-state index in [1.807, 2.05) is 0 Å². The second kappa shape index (κ2) is 11.4. The van der Waals surface area contributed by atoms with E-state index in [1.54, 1.807) is 91.0 Å². The van der Waals surface area contributed by atoms with Crippen molar-refractivity contribution < 1.29 is 36.3 Å². The minimum Gasteiger partial charge on any atom is -0.393 e. The standard InChI is InChI=1S/C30H22F5O3P/c1-2-25(36)28(29(37)38-30(34,35)23-18-19-24(31)27(33)26(23)32)39(20-12-6-3-7-13-20,21-14-8-4-9-15-21)22-16-10-5-11-17-22/h3-19H,2H2,1H3. The molecule has 0 aromatic heterocycles. The Hall–Kier alpha value is -4.03. The van der Waals surface area contributed by atoms with Crippen LogP contribution in [0.3, 0.4) is 0 Å². The zero-order valence-electron chi connectivity index (χ0n) is 20.6. The molecule has 4 rings (SSSR count). The van der Waals surface area contributed by atoms with E-state index < -0.39 is 53.1 Å². The lowest BCUT2D eigenvalue weighted by Gasteiger charge is -2.32. The van der Waals surface area contributed by atoms with Gasteiger partial charge in [0.1, 0.15) is 10.9 Å². The van der Waals surface area contributed by atoms with Gasteiger partial charge in [0.05, 0.1) is 0 Å². The minimum absolute atomic E-state index is 0.232. The molecule has 3 nitrogen and oxygen atoms in total. The van der Waals surface area contributed by atoms with Gasteiger partial charge < -0.3 is 4.74 Å². The molecule has 0 N–H and O–H groups in total. The first-order valence-electron chi connectivity index (χ1n) is 11.9. The summed E-state index contributed by atoms with van der Waals surface area (Å²) in [5.74, 6) is -8.48. The van der Waals surface area contributed by atoms with Crippen LogP contribution in [-0.4, -0.2) is 17.0 Å². The van der Waals surface area contributed by atoms with Crippen LogP contribution in [0, 0.1) is 17.5 Å². The smallest absolute Gasteiger partial charge is 0.393 e. The van der Waals surface area contributed by atoms with Crippen LogP contribution in [0.1, 0.15) is 18.9 Å². The molecule has 4 aromatic carbocycles. The highest BCUT2D eigenvalue weighted by Gasteiger charge is 2.45. The van der Waals surface area contributed by atoms with E-state index >= 15 is 8.78 Å². The van der Waals surface area contributed by atoms with E-state index in [-0.39, 0.29) is 12.5 Å². The molecule has 0 saturated carbocycles. The zero-order valence-corrected chi connectivity index (χ0v) is 21.5. The molecule has 0 saturated heterocycles. The van der Waals surface area contributed by atoms with Crippen LogP contribution in [0.4, 0.5) is 22.0 Å². The number of carbonyl (C=O) groups is 2. The number of ketones is 1. The highest BCUT2D eigenvalue weighted by molar-refractivity contribution is 7.97. The van der Waals surface area contributed by atoms with Gasteiger partial charge in [-0.1, -0.05) is 97.9 Å². The summed E-state index contributed by atoms with van der Waals surface area (Å²) in [6.07, 6.45) is -4.96. The average molecular weight is 556 g/mol. The Morgan fingerprint density at radius 1 is 0.692 bits per heavy atom. The number of carbonyl (C=O) groups excluding carboxylic acids is 2. The molecule has 39 heavy (non-hydrogen) atoms. The van der Waals surface area contributed by atoms with Crippen LogP contribution in [0.2, 0.25) is 0 Å². The summed E-state index contributed by atoms with van der Waals surface area (Å²) >= 11 is 0. The van der Waals surface area contributed by atoms with Crippen molar-refractivity contribution >= 4 is 39.8 Å². The maximum atomic E-state index is 15.2. The molecule has 0 unspecified atom stereocenters. The summed E-state index contributed by atoms with van der Waals surface area (Å²) in [6.45, 7) is -2.00. The van der Waals surface area contributed by atoms with Crippen molar-refractivity contribution in [3.8, 4) is 0 Å². The largest absolute Gasteiger partial charge is 0.431 e. The highest BCUT2D eigenvalue weighted by atomic mass is 31.2. The fourth-order valence-corrected chi connectivity index (χ4v) is 8.74. The van der Waals surface area contributed by atoms with Crippen molar-refractivity contribution in [2.24, 2.45) is 0 Å². The number of Topliss-reactive ketones (excluding diaryl/α,β-unsaturated/α-hetero) is 1. The Bertz CT molecular complexity index is 1450. The fourth-order valence-electron chi connectivity index (χ4n) is 4.36. The molecule has 9 heteroatoms. The van der Waals surface area contributed by atoms with Crippen molar-refractivity contribution in [2.45, 2.75) is 19.5 Å². The lowest BCUT2D eigenvalue weighted by atomic mass is 10.1. The van der Waals surface area contributed by atoms with Crippen LogP contribution in [0.5, 0.6) is 0 Å². The molecule has 0 heterocycles. The fraction of sp³-hybridized carbons (Fsp3) is 0.100. The summed E-state index contributed by atoms with van der Waals surface area (Å²) in [7, 11) is 0. The van der Waals surface area contributed by atoms with Gasteiger partial charge in [-0.15, -0.1) is 0 Å². The third-order valence-electron chi connectivity index (χ3n) is 6.11. The first-order valence-corrected chi connectivity index (χ1v) is 13.6. The van der Waals surface area contributed by atoms with Crippen molar-refractivity contribution in [3.05, 3.63) is 126 Å². The van der Waals surface area contributed by atoms with Gasteiger partial charge in [-0.3, -0.25) is 4.79 Å². The predicted octanol–water partition coefficient (Wildman–Crippen LogP) is 5.84. The zero-order chi connectivity index (χ0) is 28.2. The molecule has 0 spiro atoms. The van der Waals surface area contributed by atoms with Crippen molar-refractivity contribution in [2.75, 3.05) is 0 Å². The van der Waals surface area contributed by atoms with Gasteiger partial charge in [-0.05, 0) is 34.9 Å². The average Bonchev–Trinajstić information content (AvgIpc) is 2.95. The maximum absolute atomic E-state index is 15.2. The van der Waals surface area contributed by atoms with Gasteiger partial charge in [0.25, 0.3) is 0 Å². The van der Waals surface area contributed by atoms with Crippen molar-refractivity contribution in [3.63, 3.8) is 0 Å². The van der Waals surface area contributed by atoms with Crippen LogP contribution in [0.25, 0.3) is 0 Å². The molecule has 4 aromatic rings. The Balaban J connectivity index is 2.09. The molecule has 0 amide bonds. The summed E-state index contributed by atoms with van der Waals surface area (Å²) in [5, 5.41) is 0.992. The Morgan fingerprint density at radius 2 is 1.13 bits per heavy atom. The second-order valence-corrected chi connectivity index (χ2v) is 11.8. The number of ether oxygens (including phenoxy) is 1. The van der Waals surface area contributed by atoms with Gasteiger partial charge in [-0.25, -0.2) is 18.0 Å². The molecule has 0 aliphatic heterocycles. The Morgan fingerprint density at radius 3 is 1.54 bits per heavy atom. The SMILES string of the molecule is CCC(=O)C(C(=O)OC(F)(F)c1ccc(F)c(F)c1F)=P(c1ccccc1)(c1ccccc1)c1ccccc1. The lowest BCUT2D eigenvalue weighted by molar-refractivity contribution is -0.235. The van der Waals surface area contributed by atoms with E-state index in [2.05, 4.69) is 4.74 Å². The van der Waals surface area contributed by atoms with Crippen molar-refractivity contribution in [1.82, 2.24) is 0 Å². The van der Waals surface area contributed by atoms with Gasteiger partial charge in [0.15, 0.2) is 23.2 Å². The number of esters is 1. The molecule has 0 aliphatic rings.